The average Bonchev–Trinajstić information content (AvgIpc) is 2.71. The molecular weight excluding hydrogens is 440 g/mol. The lowest BCUT2D eigenvalue weighted by Crippen LogP contribution is -2.66. The number of rotatable bonds is 8. The Balaban J connectivity index is 2.38. The minimum Gasteiger partial charge on any atom is -0.404 e. The normalized spacial score (nSPS) is 13.9. The van der Waals surface area contributed by atoms with Crippen LogP contribution < -0.4 is 10.4 Å². The zero-order valence-corrected chi connectivity index (χ0v) is 20.3. The number of allylic oxidation sites excluding steroid dienone is 4. The first-order valence-corrected chi connectivity index (χ1v) is 12.6. The summed E-state index contributed by atoms with van der Waals surface area (Å²) in [5.74, 6) is 0. The molecule has 0 saturated heterocycles. The van der Waals surface area contributed by atoms with E-state index in [1.807, 2.05) is 25.2 Å². The fraction of sp³-hybridized carbons (Fsp3) is 0.280. The highest BCUT2D eigenvalue weighted by molar-refractivity contribution is 9.11. The molecule has 0 unspecified atom stereocenters. The van der Waals surface area contributed by atoms with Gasteiger partial charge in [-0.2, -0.15) is 0 Å². The molecule has 2 aromatic carbocycles. The topological polar surface area (TPSA) is 29.5 Å². The zero-order valence-electron chi connectivity index (χ0n) is 17.7. The van der Waals surface area contributed by atoms with E-state index in [0.717, 1.165) is 10.1 Å². The summed E-state index contributed by atoms with van der Waals surface area (Å²) in [6, 6.07) is 21.3. The van der Waals surface area contributed by atoms with E-state index in [9.17, 15) is 0 Å². The predicted octanol–water partition coefficient (Wildman–Crippen LogP) is 5.34. The van der Waals surface area contributed by atoms with Crippen molar-refractivity contribution in [2.45, 2.75) is 32.7 Å². The van der Waals surface area contributed by atoms with E-state index in [-0.39, 0.29) is 11.6 Å². The van der Waals surface area contributed by atoms with Crippen LogP contribution in [0.2, 0.25) is 5.04 Å². The number of aliphatic hydroxyl groups is 1. The van der Waals surface area contributed by atoms with Crippen molar-refractivity contribution in [3.63, 3.8) is 0 Å². The zero-order chi connectivity index (χ0) is 21.3. The predicted molar refractivity (Wildman–Crippen MR) is 131 cm³/mol. The van der Waals surface area contributed by atoms with Gasteiger partial charge in [0.15, 0.2) is 0 Å². The van der Waals surface area contributed by atoms with Gasteiger partial charge in [-0.05, 0) is 40.1 Å². The Bertz CT molecular complexity index is 810. The number of aliphatic hydroxyl groups excluding tert-OH is 1. The summed E-state index contributed by atoms with van der Waals surface area (Å²) in [6.07, 6.45) is 7.85. The van der Waals surface area contributed by atoms with Gasteiger partial charge in [-0.15, -0.1) is 0 Å². The highest BCUT2D eigenvalue weighted by atomic mass is 79.9. The molecule has 2 aromatic rings. The maximum Gasteiger partial charge on any atom is 0.261 e. The molecule has 0 saturated carbocycles. The molecule has 2 nitrogen and oxygen atoms in total. The molecule has 0 atom stereocenters. The summed E-state index contributed by atoms with van der Waals surface area (Å²) in [5, 5.41) is 11.6. The molecule has 1 N–H and O–H groups in total. The third kappa shape index (κ3) is 6.13. The van der Waals surface area contributed by atoms with Crippen LogP contribution in [-0.2, 0) is 4.43 Å². The number of hydrogen-bond donors (Lipinski definition) is 1. The lowest BCUT2D eigenvalue weighted by molar-refractivity contribution is 0.331. The molecule has 0 aliphatic heterocycles. The fourth-order valence-corrected chi connectivity index (χ4v) is 8.21. The van der Waals surface area contributed by atoms with Gasteiger partial charge < -0.3 is 9.53 Å². The molecule has 4 heteroatoms. The van der Waals surface area contributed by atoms with Gasteiger partial charge >= 0.3 is 0 Å². The molecule has 0 spiro atoms. The van der Waals surface area contributed by atoms with Gasteiger partial charge in [0, 0.05) is 4.48 Å². The fourth-order valence-electron chi connectivity index (χ4n) is 3.43. The quantitative estimate of drug-likeness (QED) is 0.416. The second-order valence-electron chi connectivity index (χ2n) is 8.09. The van der Waals surface area contributed by atoms with Crippen LogP contribution in [0.5, 0.6) is 0 Å². The second-order valence-corrected chi connectivity index (χ2v) is 13.3. The van der Waals surface area contributed by atoms with Gasteiger partial charge in [-0.3, -0.25) is 0 Å². The van der Waals surface area contributed by atoms with Gasteiger partial charge in [0.25, 0.3) is 8.32 Å². The number of benzene rings is 2. The molecule has 0 amide bonds. The molecular formula is C25H31BrO2Si. The van der Waals surface area contributed by atoms with Crippen molar-refractivity contribution in [3.8, 4) is 0 Å². The molecule has 0 aromatic heterocycles. The lowest BCUT2D eigenvalue weighted by Gasteiger charge is -2.42. The lowest BCUT2D eigenvalue weighted by atomic mass is 10.2. The van der Waals surface area contributed by atoms with Crippen LogP contribution in [0.15, 0.2) is 95.0 Å². The first-order chi connectivity index (χ1) is 13.8. The molecule has 0 heterocycles. The summed E-state index contributed by atoms with van der Waals surface area (Å²) >= 11 is 3.60. The molecule has 0 aliphatic carbocycles. The first kappa shape index (κ1) is 23.6. The van der Waals surface area contributed by atoms with Crippen LogP contribution in [0.1, 0.15) is 27.7 Å². The van der Waals surface area contributed by atoms with Gasteiger partial charge in [-0.1, -0.05) is 110 Å². The van der Waals surface area contributed by atoms with E-state index in [1.165, 1.54) is 10.4 Å². The Morgan fingerprint density at radius 1 is 1.00 bits per heavy atom. The SMILES string of the molecule is C\C(=C/C=C/C(Br)=C/CO[Si](c1ccccc1)(c1ccccc1)C(C)(C)C)CO. The third-order valence-electron chi connectivity index (χ3n) is 4.88. The summed E-state index contributed by atoms with van der Waals surface area (Å²) in [5.41, 5.74) is 0.921. The van der Waals surface area contributed by atoms with Gasteiger partial charge in [0.05, 0.1) is 13.2 Å². The van der Waals surface area contributed by atoms with Crippen LogP contribution in [0.25, 0.3) is 0 Å². The van der Waals surface area contributed by atoms with Gasteiger partial charge in [0.1, 0.15) is 0 Å². The first-order valence-electron chi connectivity index (χ1n) is 9.86. The van der Waals surface area contributed by atoms with Crippen LogP contribution in [0.3, 0.4) is 0 Å². The van der Waals surface area contributed by atoms with Gasteiger partial charge in [0.2, 0.25) is 0 Å². The minimum absolute atomic E-state index is 0.0349. The van der Waals surface area contributed by atoms with Gasteiger partial charge in [-0.25, -0.2) is 0 Å². The molecule has 2 rings (SSSR count). The van der Waals surface area contributed by atoms with Crippen molar-refractivity contribution >= 4 is 34.6 Å². The van der Waals surface area contributed by atoms with Crippen molar-refractivity contribution in [2.24, 2.45) is 0 Å². The molecule has 0 bridgehead atoms. The minimum atomic E-state index is -2.51. The van der Waals surface area contributed by atoms with Crippen molar-refractivity contribution < 1.29 is 9.53 Å². The second kappa shape index (κ2) is 10.9. The van der Waals surface area contributed by atoms with E-state index < -0.39 is 8.32 Å². The smallest absolute Gasteiger partial charge is 0.261 e. The Labute approximate surface area is 184 Å². The van der Waals surface area contributed by atoms with Crippen molar-refractivity contribution in [1.82, 2.24) is 0 Å². The van der Waals surface area contributed by atoms with Crippen molar-refractivity contribution in [2.75, 3.05) is 13.2 Å². The third-order valence-corrected chi connectivity index (χ3v) is 10.5. The van der Waals surface area contributed by atoms with Crippen molar-refractivity contribution in [1.29, 1.82) is 0 Å². The summed E-state index contributed by atoms with van der Waals surface area (Å²) in [6.45, 7) is 9.32. The van der Waals surface area contributed by atoms with E-state index in [1.54, 1.807) is 0 Å². The number of hydrogen-bond acceptors (Lipinski definition) is 2. The van der Waals surface area contributed by atoms with Crippen LogP contribution in [0.4, 0.5) is 0 Å². The summed E-state index contributed by atoms with van der Waals surface area (Å²) < 4.78 is 7.78. The van der Waals surface area contributed by atoms with Crippen LogP contribution in [0, 0.1) is 0 Å². The molecule has 0 aliphatic rings. The van der Waals surface area contributed by atoms with E-state index in [0.29, 0.717) is 6.61 Å². The maximum absolute atomic E-state index is 9.08. The van der Waals surface area contributed by atoms with Crippen LogP contribution in [-0.4, -0.2) is 26.6 Å². The van der Waals surface area contributed by atoms with Crippen LogP contribution >= 0.6 is 15.9 Å². The Morgan fingerprint density at radius 2 is 1.52 bits per heavy atom. The maximum atomic E-state index is 9.08. The Hall–Kier alpha value is -1.72. The average molecular weight is 472 g/mol. The highest BCUT2D eigenvalue weighted by Crippen LogP contribution is 2.36. The highest BCUT2D eigenvalue weighted by Gasteiger charge is 2.49. The Kier molecular flexibility index (Phi) is 8.84. The monoisotopic (exact) mass is 470 g/mol. The molecule has 154 valence electrons. The standard InChI is InChI=1S/C25H31BrO2Si/c1-21(20-27)12-11-13-22(26)18-19-28-29(25(2,3)4,23-14-7-5-8-15-23)24-16-9-6-10-17-24/h5-18,27H,19-20H2,1-4H3/b13-11+,21-12+,22-18-. The number of halogens is 1. The van der Waals surface area contributed by atoms with E-state index in [2.05, 4.69) is 103 Å². The Morgan fingerprint density at radius 3 is 1.97 bits per heavy atom. The van der Waals surface area contributed by atoms with Crippen molar-refractivity contribution in [3.05, 3.63) is 95.0 Å². The summed E-state index contributed by atoms with van der Waals surface area (Å²) in [7, 11) is -2.51. The summed E-state index contributed by atoms with van der Waals surface area (Å²) in [4.78, 5) is 0. The molecule has 29 heavy (non-hydrogen) atoms. The largest absolute Gasteiger partial charge is 0.404 e. The van der Waals surface area contributed by atoms with E-state index in [4.69, 9.17) is 9.53 Å². The molecule has 0 radical (unpaired) electrons. The van der Waals surface area contributed by atoms with E-state index >= 15 is 0 Å². The molecule has 0 fully saturated rings.